The standard InChI is InChI=1S/C20H27N5OS/c1-13-8-9-14(2)18-16(13)21-20(27-18)25(11-7-10-23(4)5)19(26)17-15(3)12-24(6)22-17/h8-9,12H,7,10-11H2,1-6H3. The summed E-state index contributed by atoms with van der Waals surface area (Å²) in [6.07, 6.45) is 2.75. The van der Waals surface area contributed by atoms with E-state index >= 15 is 0 Å². The van der Waals surface area contributed by atoms with E-state index in [1.165, 1.54) is 5.56 Å². The molecule has 0 fully saturated rings. The molecule has 0 aliphatic rings. The van der Waals surface area contributed by atoms with Crippen molar-refractivity contribution in [3.05, 3.63) is 40.7 Å². The normalized spacial score (nSPS) is 11.5. The number of thiazole rings is 1. The van der Waals surface area contributed by atoms with E-state index in [-0.39, 0.29) is 5.91 Å². The molecule has 3 aromatic rings. The van der Waals surface area contributed by atoms with Crippen LogP contribution in [-0.4, -0.2) is 52.8 Å². The summed E-state index contributed by atoms with van der Waals surface area (Å²) in [6, 6.07) is 4.20. The Balaban J connectivity index is 2.01. The maximum atomic E-state index is 13.3. The van der Waals surface area contributed by atoms with Crippen LogP contribution in [0.3, 0.4) is 0 Å². The van der Waals surface area contributed by atoms with Gasteiger partial charge in [-0.1, -0.05) is 23.5 Å². The van der Waals surface area contributed by atoms with Gasteiger partial charge >= 0.3 is 0 Å². The van der Waals surface area contributed by atoms with Crippen LogP contribution in [0.2, 0.25) is 0 Å². The van der Waals surface area contributed by atoms with Crippen LogP contribution in [0.4, 0.5) is 5.13 Å². The van der Waals surface area contributed by atoms with Gasteiger partial charge in [-0.2, -0.15) is 5.10 Å². The lowest BCUT2D eigenvalue weighted by Gasteiger charge is -2.20. The molecule has 0 aliphatic heterocycles. The van der Waals surface area contributed by atoms with Gasteiger partial charge in [0.2, 0.25) is 0 Å². The van der Waals surface area contributed by atoms with Crippen molar-refractivity contribution in [3.63, 3.8) is 0 Å². The van der Waals surface area contributed by atoms with Crippen LogP contribution in [0.25, 0.3) is 10.2 Å². The lowest BCUT2D eigenvalue weighted by atomic mass is 10.1. The van der Waals surface area contributed by atoms with Crippen LogP contribution in [0, 0.1) is 20.8 Å². The first-order valence-corrected chi connectivity index (χ1v) is 9.93. The molecule has 6 nitrogen and oxygen atoms in total. The third-order valence-corrected chi connectivity index (χ3v) is 5.82. The van der Waals surface area contributed by atoms with Crippen LogP contribution in [0.1, 0.15) is 33.6 Å². The number of aryl methyl sites for hydroxylation is 4. The number of benzene rings is 1. The highest BCUT2D eigenvalue weighted by Crippen LogP contribution is 2.33. The molecule has 2 heterocycles. The summed E-state index contributed by atoms with van der Waals surface area (Å²) in [5.41, 5.74) is 4.68. The van der Waals surface area contributed by atoms with Crippen molar-refractivity contribution in [2.45, 2.75) is 27.2 Å². The van der Waals surface area contributed by atoms with Gasteiger partial charge in [-0.25, -0.2) is 4.98 Å². The number of rotatable bonds is 6. The Morgan fingerprint density at radius 2 is 1.81 bits per heavy atom. The van der Waals surface area contributed by atoms with Gasteiger partial charge < -0.3 is 4.90 Å². The van der Waals surface area contributed by atoms with Crippen LogP contribution in [0.5, 0.6) is 0 Å². The maximum absolute atomic E-state index is 13.3. The summed E-state index contributed by atoms with van der Waals surface area (Å²) >= 11 is 1.59. The smallest absolute Gasteiger partial charge is 0.280 e. The monoisotopic (exact) mass is 385 g/mol. The molecule has 0 atom stereocenters. The molecule has 1 amide bonds. The lowest BCUT2D eigenvalue weighted by Crippen LogP contribution is -2.34. The Bertz CT molecular complexity index is 933. The van der Waals surface area contributed by atoms with Crippen molar-refractivity contribution < 1.29 is 4.79 Å². The quantitative estimate of drug-likeness (QED) is 0.651. The average molecular weight is 386 g/mol. The first-order chi connectivity index (χ1) is 12.8. The van der Waals surface area contributed by atoms with E-state index in [2.05, 4.69) is 36.0 Å². The number of anilines is 1. The third-order valence-electron chi connectivity index (χ3n) is 4.61. The second-order valence-electron chi connectivity index (χ2n) is 7.32. The number of amides is 1. The van der Waals surface area contributed by atoms with Crippen molar-refractivity contribution in [1.29, 1.82) is 0 Å². The van der Waals surface area contributed by atoms with Crippen LogP contribution < -0.4 is 4.90 Å². The summed E-state index contributed by atoms with van der Waals surface area (Å²) in [6.45, 7) is 7.60. The molecule has 0 unspecified atom stereocenters. The van der Waals surface area contributed by atoms with E-state index in [0.717, 1.165) is 39.4 Å². The van der Waals surface area contributed by atoms with Crippen molar-refractivity contribution in [2.24, 2.45) is 7.05 Å². The predicted molar refractivity (Wildman–Crippen MR) is 112 cm³/mol. The zero-order chi connectivity index (χ0) is 19.7. The number of nitrogens with zero attached hydrogens (tertiary/aromatic N) is 5. The van der Waals surface area contributed by atoms with E-state index in [1.54, 1.807) is 20.9 Å². The summed E-state index contributed by atoms with van der Waals surface area (Å²) in [7, 11) is 5.92. The molecule has 0 aliphatic carbocycles. The Kier molecular flexibility index (Phi) is 5.62. The molecule has 0 N–H and O–H groups in total. The number of carbonyl (C=O) groups excluding carboxylic acids is 1. The summed E-state index contributed by atoms with van der Waals surface area (Å²) in [4.78, 5) is 22.1. The predicted octanol–water partition coefficient (Wildman–Crippen LogP) is 3.55. The van der Waals surface area contributed by atoms with Crippen molar-refractivity contribution in [3.8, 4) is 0 Å². The largest absolute Gasteiger partial charge is 0.309 e. The molecule has 1 aromatic carbocycles. The van der Waals surface area contributed by atoms with Gasteiger partial charge in [-0.15, -0.1) is 0 Å². The Labute approximate surface area is 164 Å². The molecule has 2 aromatic heterocycles. The highest BCUT2D eigenvalue weighted by atomic mass is 32.1. The van der Waals surface area contributed by atoms with E-state index < -0.39 is 0 Å². The molecule has 7 heteroatoms. The second kappa shape index (κ2) is 7.78. The van der Waals surface area contributed by atoms with E-state index in [0.29, 0.717) is 12.2 Å². The number of hydrogen-bond acceptors (Lipinski definition) is 5. The number of carbonyl (C=O) groups is 1. The fourth-order valence-corrected chi connectivity index (χ4v) is 4.27. The molecular weight excluding hydrogens is 358 g/mol. The Morgan fingerprint density at radius 1 is 1.11 bits per heavy atom. The first-order valence-electron chi connectivity index (χ1n) is 9.11. The van der Waals surface area contributed by atoms with Crippen molar-refractivity contribution in [1.82, 2.24) is 19.7 Å². The van der Waals surface area contributed by atoms with Gasteiger partial charge in [0.1, 0.15) is 0 Å². The van der Waals surface area contributed by atoms with Gasteiger partial charge in [0.25, 0.3) is 5.91 Å². The molecule has 0 bridgehead atoms. The third kappa shape index (κ3) is 4.04. The zero-order valence-corrected chi connectivity index (χ0v) is 17.7. The molecule has 0 spiro atoms. The highest BCUT2D eigenvalue weighted by Gasteiger charge is 2.25. The number of aromatic nitrogens is 3. The fraction of sp³-hybridized carbons (Fsp3) is 0.450. The van der Waals surface area contributed by atoms with Gasteiger partial charge in [-0.05, 0) is 59.0 Å². The molecular formula is C20H27N5OS. The molecule has 3 rings (SSSR count). The molecule has 0 saturated carbocycles. The molecule has 0 radical (unpaired) electrons. The van der Waals surface area contributed by atoms with Gasteiger partial charge in [0.05, 0.1) is 10.2 Å². The topological polar surface area (TPSA) is 54.3 Å². The minimum Gasteiger partial charge on any atom is -0.309 e. The minimum absolute atomic E-state index is 0.0822. The number of hydrogen-bond donors (Lipinski definition) is 0. The first kappa shape index (κ1) is 19.5. The van der Waals surface area contributed by atoms with E-state index in [9.17, 15) is 4.79 Å². The second-order valence-corrected chi connectivity index (χ2v) is 8.30. The Morgan fingerprint density at radius 3 is 2.41 bits per heavy atom. The number of fused-ring (bicyclic) bond motifs is 1. The average Bonchev–Trinajstić information content (AvgIpc) is 3.18. The van der Waals surface area contributed by atoms with Gasteiger partial charge in [0, 0.05) is 25.4 Å². The lowest BCUT2D eigenvalue weighted by molar-refractivity contribution is 0.0980. The fourth-order valence-electron chi connectivity index (χ4n) is 3.14. The van der Waals surface area contributed by atoms with Crippen LogP contribution in [-0.2, 0) is 7.05 Å². The SMILES string of the molecule is Cc1cn(C)nc1C(=O)N(CCCN(C)C)c1nc2c(C)ccc(C)c2s1. The summed E-state index contributed by atoms with van der Waals surface area (Å²) < 4.78 is 2.83. The molecule has 144 valence electrons. The molecule has 0 saturated heterocycles. The maximum Gasteiger partial charge on any atom is 0.280 e. The summed E-state index contributed by atoms with van der Waals surface area (Å²) in [5.74, 6) is -0.0822. The zero-order valence-electron chi connectivity index (χ0n) is 16.9. The van der Waals surface area contributed by atoms with Gasteiger partial charge in [0.15, 0.2) is 10.8 Å². The Hall–Kier alpha value is -2.25. The molecule has 27 heavy (non-hydrogen) atoms. The minimum atomic E-state index is -0.0822. The summed E-state index contributed by atoms with van der Waals surface area (Å²) in [5, 5.41) is 5.13. The van der Waals surface area contributed by atoms with Crippen LogP contribution >= 0.6 is 11.3 Å². The van der Waals surface area contributed by atoms with Gasteiger partial charge in [-0.3, -0.25) is 14.4 Å². The van der Waals surface area contributed by atoms with E-state index in [1.807, 2.05) is 34.3 Å². The highest BCUT2D eigenvalue weighted by molar-refractivity contribution is 7.22. The van der Waals surface area contributed by atoms with Crippen molar-refractivity contribution >= 4 is 32.6 Å². The van der Waals surface area contributed by atoms with E-state index in [4.69, 9.17) is 4.98 Å². The van der Waals surface area contributed by atoms with Crippen molar-refractivity contribution in [2.75, 3.05) is 32.1 Å². The van der Waals surface area contributed by atoms with Crippen LogP contribution in [0.15, 0.2) is 18.3 Å².